The molecule has 15 nitrogen and oxygen atoms in total. The maximum atomic E-state index is 13.4. The lowest BCUT2D eigenvalue weighted by atomic mass is 9.97. The van der Waals surface area contributed by atoms with Crippen molar-refractivity contribution < 1.29 is 38.5 Å². The number of hydrogen-bond donors (Lipinski definition) is 6. The minimum absolute atomic E-state index is 0.0522. The second-order valence-corrected chi connectivity index (χ2v) is 15.0. The Balaban J connectivity index is 1.23. The van der Waals surface area contributed by atoms with Crippen LogP contribution in [0.15, 0.2) is 6.33 Å². The van der Waals surface area contributed by atoms with Gasteiger partial charge in [-0.1, -0.05) is 11.8 Å². The highest BCUT2D eigenvalue weighted by atomic mass is 32.2. The summed E-state index contributed by atoms with van der Waals surface area (Å²) in [6.07, 6.45) is 1.17. The molecular weight excluding hydrogens is 589 g/mol. The smallest absolute Gasteiger partial charge is 0.395 e. The molecular formula is C25H40N7O8PS. The van der Waals surface area contributed by atoms with Crippen molar-refractivity contribution in [3.8, 4) is 0 Å². The van der Waals surface area contributed by atoms with Crippen molar-refractivity contribution in [2.24, 2.45) is 5.41 Å². The number of nitrogens with zero attached hydrogens (tertiary/aromatic N) is 4. The summed E-state index contributed by atoms with van der Waals surface area (Å²) in [4.78, 5) is 25.3. The van der Waals surface area contributed by atoms with Crippen molar-refractivity contribution in [3.05, 3.63) is 6.33 Å². The van der Waals surface area contributed by atoms with E-state index in [1.54, 1.807) is 39.2 Å². The number of carbonyl (C=O) groups excluding carboxylic acids is 1. The summed E-state index contributed by atoms with van der Waals surface area (Å²) in [7, 11) is -3.87. The summed E-state index contributed by atoms with van der Waals surface area (Å²) in [5, 5.41) is 38.0. The van der Waals surface area contributed by atoms with Gasteiger partial charge in [0.25, 0.3) is 0 Å². The van der Waals surface area contributed by atoms with Gasteiger partial charge in [0.2, 0.25) is 5.95 Å². The third-order valence-corrected chi connectivity index (χ3v) is 10.9. The molecule has 1 aliphatic heterocycles. The van der Waals surface area contributed by atoms with Crippen LogP contribution in [0, 0.1) is 5.41 Å². The van der Waals surface area contributed by atoms with Crippen LogP contribution in [0.5, 0.6) is 0 Å². The van der Waals surface area contributed by atoms with Gasteiger partial charge in [0.15, 0.2) is 22.1 Å². The van der Waals surface area contributed by atoms with Crippen LogP contribution in [0.4, 0.5) is 11.8 Å². The number of thioether (sulfide) groups is 1. The van der Waals surface area contributed by atoms with E-state index in [1.807, 2.05) is 0 Å². The number of imidazole rings is 1. The largest absolute Gasteiger partial charge is 0.405 e. The number of nitrogen functional groups attached to an aromatic ring is 1. The zero-order valence-electron chi connectivity index (χ0n) is 24.3. The van der Waals surface area contributed by atoms with Crippen LogP contribution < -0.4 is 16.1 Å². The second-order valence-electron chi connectivity index (χ2n) is 12.2. The minimum Gasteiger partial charge on any atom is -0.395 e. The molecule has 0 radical (unpaired) electrons. The molecule has 2 aromatic rings. The van der Waals surface area contributed by atoms with Crippen molar-refractivity contribution in [1.82, 2.24) is 24.6 Å². The van der Waals surface area contributed by atoms with Crippen molar-refractivity contribution >= 4 is 47.6 Å². The first kappa shape index (κ1) is 31.5. The van der Waals surface area contributed by atoms with Gasteiger partial charge in [-0.25, -0.2) is 14.6 Å². The molecule has 1 saturated heterocycles. The first-order valence-electron chi connectivity index (χ1n) is 13.9. The highest BCUT2D eigenvalue weighted by molar-refractivity contribution is 8.13. The maximum Gasteiger partial charge on any atom is 0.405 e. The number of aliphatic hydroxyl groups excluding tert-OH is 2. The van der Waals surface area contributed by atoms with Gasteiger partial charge in [0, 0.05) is 17.8 Å². The number of ether oxygens (including phenoxy) is 1. The van der Waals surface area contributed by atoms with E-state index in [4.69, 9.17) is 19.5 Å². The topological polar surface area (TPSA) is 216 Å². The fraction of sp³-hybridized carbons (Fsp3) is 0.760. The first-order chi connectivity index (χ1) is 19.6. The Morgan fingerprint density at radius 1 is 1.36 bits per heavy atom. The molecule has 4 unspecified atom stereocenters. The molecule has 5 rings (SSSR count). The molecule has 3 fully saturated rings. The number of hydrogen-bond acceptors (Lipinski definition) is 14. The van der Waals surface area contributed by atoms with E-state index >= 15 is 0 Å². The molecule has 0 spiro atoms. The third kappa shape index (κ3) is 5.69. The quantitative estimate of drug-likeness (QED) is 0.128. The van der Waals surface area contributed by atoms with Gasteiger partial charge >= 0.3 is 7.75 Å². The average Bonchev–Trinajstić information content (AvgIpc) is 3.74. The molecule has 234 valence electrons. The molecule has 17 heteroatoms. The van der Waals surface area contributed by atoms with Gasteiger partial charge in [0.05, 0.1) is 31.6 Å². The van der Waals surface area contributed by atoms with E-state index in [0.29, 0.717) is 23.0 Å². The summed E-state index contributed by atoms with van der Waals surface area (Å²) in [5.41, 5.74) is 3.05. The zero-order valence-corrected chi connectivity index (χ0v) is 26.0. The number of fused-ring (bicyclic) bond motifs is 2. The molecule has 6 atom stereocenters. The normalized spacial score (nSPS) is 30.5. The Morgan fingerprint density at radius 2 is 2.07 bits per heavy atom. The standard InChI is InChI=1S/C25H40N7O8PS/c1-13(2)31-41(37,38-8-9-42-21(35)23(3,4)11-33)39-10-15-17(34)25(36)20(24(25,5)40-15)32-12-27-16-18(28-14-6-7-14)29-22(26)30-19(16)32/h12-15,17,20,33-34,36H,6-11H2,1-5H3,(H,31,37)(H3,26,28,29,30)/t15-,17?,20-,24?,25?,41?/m1/s1. The Kier molecular flexibility index (Phi) is 8.44. The van der Waals surface area contributed by atoms with Crippen molar-refractivity contribution in [3.63, 3.8) is 0 Å². The number of nitrogens with two attached hydrogens (primary N) is 1. The number of nitrogens with one attached hydrogen (secondary N) is 2. The average molecular weight is 630 g/mol. The molecule has 2 aromatic heterocycles. The zero-order chi connectivity index (χ0) is 30.7. The summed E-state index contributed by atoms with van der Waals surface area (Å²) in [5.74, 6) is 0.765. The van der Waals surface area contributed by atoms with Crippen LogP contribution in [0.1, 0.15) is 53.5 Å². The number of aliphatic hydroxyl groups is 3. The van der Waals surface area contributed by atoms with Crippen molar-refractivity contribution in [1.29, 1.82) is 0 Å². The third-order valence-electron chi connectivity index (χ3n) is 7.84. The van der Waals surface area contributed by atoms with E-state index in [2.05, 4.69) is 25.4 Å². The van der Waals surface area contributed by atoms with E-state index < -0.39 is 42.6 Å². The molecule has 0 aromatic carbocycles. The van der Waals surface area contributed by atoms with Gasteiger partial charge in [-0.15, -0.1) is 0 Å². The fourth-order valence-corrected chi connectivity index (χ4v) is 7.71. The van der Waals surface area contributed by atoms with Gasteiger partial charge in [-0.3, -0.25) is 13.8 Å². The number of rotatable bonds is 14. The van der Waals surface area contributed by atoms with Crippen LogP contribution in [0.2, 0.25) is 0 Å². The Hall–Kier alpha value is -1.88. The van der Waals surface area contributed by atoms with E-state index in [0.717, 1.165) is 24.6 Å². The predicted octanol–water partition coefficient (Wildman–Crippen LogP) is 1.20. The number of carbonyl (C=O) groups is 1. The lowest BCUT2D eigenvalue weighted by molar-refractivity contribution is -0.119. The number of anilines is 2. The van der Waals surface area contributed by atoms with Crippen molar-refractivity contribution in [2.75, 3.05) is 36.6 Å². The summed E-state index contributed by atoms with van der Waals surface area (Å²) < 4.78 is 32.4. The van der Waals surface area contributed by atoms with Gasteiger partial charge < -0.3 is 35.7 Å². The molecule has 2 aliphatic carbocycles. The highest BCUT2D eigenvalue weighted by Crippen LogP contribution is 2.68. The van der Waals surface area contributed by atoms with Crippen LogP contribution in [-0.2, 0) is 23.1 Å². The molecule has 3 aliphatic rings. The van der Waals surface area contributed by atoms with E-state index in [1.165, 1.54) is 6.33 Å². The summed E-state index contributed by atoms with van der Waals surface area (Å²) in [6, 6.07) is -0.681. The summed E-state index contributed by atoms with van der Waals surface area (Å²) >= 11 is 0.969. The molecule has 42 heavy (non-hydrogen) atoms. The molecule has 3 heterocycles. The molecule has 2 saturated carbocycles. The monoisotopic (exact) mass is 629 g/mol. The van der Waals surface area contributed by atoms with Gasteiger partial charge in [-0.2, -0.15) is 9.97 Å². The first-order valence-corrected chi connectivity index (χ1v) is 16.5. The van der Waals surface area contributed by atoms with E-state index in [9.17, 15) is 24.7 Å². The maximum absolute atomic E-state index is 13.4. The highest BCUT2D eigenvalue weighted by Gasteiger charge is 2.85. The lowest BCUT2D eigenvalue weighted by Gasteiger charge is -2.27. The molecule has 7 N–H and O–H groups in total. The SMILES string of the molecule is CC(C)NP(=O)(OCCSC(=O)C(C)(C)CO)OC[C@H]1OC2(C)[C@@H](n3cnc4c(NC5CC5)nc(N)nc43)C2(O)C1O. The van der Waals surface area contributed by atoms with Gasteiger partial charge in [0.1, 0.15) is 29.5 Å². The molecule has 0 amide bonds. The fourth-order valence-electron chi connectivity index (χ4n) is 5.25. The Morgan fingerprint density at radius 3 is 2.67 bits per heavy atom. The number of aromatic nitrogens is 4. The van der Waals surface area contributed by atoms with Crippen molar-refractivity contribution in [2.45, 2.75) is 89.0 Å². The Bertz CT molecular complexity index is 1390. The van der Waals surface area contributed by atoms with Crippen LogP contribution in [-0.4, -0.2) is 101 Å². The lowest BCUT2D eigenvalue weighted by Crippen LogP contribution is -2.40. The van der Waals surface area contributed by atoms with E-state index in [-0.39, 0.29) is 42.7 Å². The minimum atomic E-state index is -3.87. The van der Waals surface area contributed by atoms with Crippen LogP contribution in [0.3, 0.4) is 0 Å². The van der Waals surface area contributed by atoms with Crippen LogP contribution >= 0.6 is 19.5 Å². The van der Waals surface area contributed by atoms with Crippen LogP contribution in [0.25, 0.3) is 11.2 Å². The Labute approximate surface area is 247 Å². The summed E-state index contributed by atoms with van der Waals surface area (Å²) in [6.45, 7) is 7.79. The molecule has 0 bridgehead atoms. The second kappa shape index (κ2) is 11.2. The predicted molar refractivity (Wildman–Crippen MR) is 156 cm³/mol. The van der Waals surface area contributed by atoms with Gasteiger partial charge in [-0.05, 0) is 47.5 Å².